The molecule has 0 saturated carbocycles. The smallest absolute Gasteiger partial charge is 0.119 e. The van der Waals surface area contributed by atoms with Crippen molar-refractivity contribution in [1.82, 2.24) is 0 Å². The fraction of sp³-hybridized carbons (Fsp3) is 0.0667. The summed E-state index contributed by atoms with van der Waals surface area (Å²) in [5, 5.41) is 0. The molecule has 0 bridgehead atoms. The molecule has 1 heterocycles. The highest BCUT2D eigenvalue weighted by molar-refractivity contribution is 6.10. The molecule has 2 nitrogen and oxygen atoms in total. The lowest BCUT2D eigenvalue weighted by Gasteiger charge is -2.11. The van der Waals surface area contributed by atoms with Crippen molar-refractivity contribution in [1.29, 1.82) is 0 Å². The Labute approximate surface area is 100 Å². The van der Waals surface area contributed by atoms with Gasteiger partial charge in [0.2, 0.25) is 0 Å². The Bertz CT molecular complexity index is 556. The molecule has 0 fully saturated rings. The first kappa shape index (κ1) is 9.97. The molecule has 0 aliphatic carbocycles. The molecule has 0 unspecified atom stereocenters. The maximum absolute atomic E-state index is 4.44. The Morgan fingerprint density at radius 1 is 0.765 bits per heavy atom. The highest BCUT2D eigenvalue weighted by atomic mass is 15.0. The van der Waals surface area contributed by atoms with Gasteiger partial charge in [-0.2, -0.15) is 0 Å². The predicted molar refractivity (Wildman–Crippen MR) is 70.7 cm³/mol. The minimum atomic E-state index is 0.0404. The third-order valence-electron chi connectivity index (χ3n) is 2.86. The van der Waals surface area contributed by atoms with E-state index >= 15 is 0 Å². The average molecular weight is 220 g/mol. The van der Waals surface area contributed by atoms with Crippen LogP contribution in [0.2, 0.25) is 0 Å². The first-order valence-electron chi connectivity index (χ1n) is 5.65. The summed E-state index contributed by atoms with van der Waals surface area (Å²) in [6.45, 7) is 0. The summed E-state index contributed by atoms with van der Waals surface area (Å²) in [7, 11) is 0. The van der Waals surface area contributed by atoms with Gasteiger partial charge in [-0.15, -0.1) is 0 Å². The van der Waals surface area contributed by atoms with Crippen molar-refractivity contribution in [2.24, 2.45) is 9.98 Å². The molecular weight excluding hydrogens is 208 g/mol. The topological polar surface area (TPSA) is 24.7 Å². The van der Waals surface area contributed by atoms with E-state index in [2.05, 4.69) is 34.3 Å². The zero-order valence-electron chi connectivity index (χ0n) is 9.32. The van der Waals surface area contributed by atoms with E-state index in [9.17, 15) is 0 Å². The van der Waals surface area contributed by atoms with Gasteiger partial charge in [-0.3, -0.25) is 4.99 Å². The predicted octanol–water partition coefficient (Wildman–Crippen LogP) is 3.26. The van der Waals surface area contributed by atoms with Crippen LogP contribution in [0, 0.1) is 0 Å². The van der Waals surface area contributed by atoms with E-state index in [1.807, 2.05) is 36.4 Å². The van der Waals surface area contributed by atoms with Gasteiger partial charge in [-0.05, 0) is 11.1 Å². The summed E-state index contributed by atoms with van der Waals surface area (Å²) in [5.74, 6) is 0. The first-order chi connectivity index (χ1) is 8.45. The molecule has 0 spiro atoms. The van der Waals surface area contributed by atoms with Crippen LogP contribution in [0.5, 0.6) is 0 Å². The zero-order chi connectivity index (χ0) is 11.5. The van der Waals surface area contributed by atoms with Gasteiger partial charge in [0.1, 0.15) is 12.4 Å². The molecule has 0 aromatic heterocycles. The third kappa shape index (κ3) is 1.89. The second-order valence-electron chi connectivity index (χ2n) is 3.96. The number of hydrogen-bond acceptors (Lipinski definition) is 2. The Balaban J connectivity index is 1.98. The van der Waals surface area contributed by atoms with Gasteiger partial charge >= 0.3 is 0 Å². The Kier molecular flexibility index (Phi) is 2.54. The maximum Gasteiger partial charge on any atom is 0.119 e. The minimum Gasteiger partial charge on any atom is -0.259 e. The molecule has 1 aliphatic rings. The molecule has 2 heteroatoms. The quantitative estimate of drug-likeness (QED) is 0.742. The van der Waals surface area contributed by atoms with E-state index in [-0.39, 0.29) is 6.04 Å². The molecule has 0 radical (unpaired) electrons. The minimum absolute atomic E-state index is 0.0404. The van der Waals surface area contributed by atoms with Crippen LogP contribution in [0.1, 0.15) is 17.2 Å². The largest absolute Gasteiger partial charge is 0.259 e. The average Bonchev–Trinajstić information content (AvgIpc) is 2.90. The van der Waals surface area contributed by atoms with Gasteiger partial charge in [-0.1, -0.05) is 60.7 Å². The van der Waals surface area contributed by atoms with Crippen molar-refractivity contribution in [2.75, 3.05) is 0 Å². The summed E-state index contributed by atoms with van der Waals surface area (Å²) >= 11 is 0. The molecule has 3 rings (SSSR count). The molecule has 82 valence electrons. The fourth-order valence-corrected chi connectivity index (χ4v) is 2.02. The summed E-state index contributed by atoms with van der Waals surface area (Å²) in [6, 6.07) is 20.5. The monoisotopic (exact) mass is 220 g/mol. The van der Waals surface area contributed by atoms with Crippen LogP contribution in [0.25, 0.3) is 0 Å². The lowest BCUT2D eigenvalue weighted by molar-refractivity contribution is 0.990. The highest BCUT2D eigenvalue weighted by Crippen LogP contribution is 2.25. The van der Waals surface area contributed by atoms with Crippen LogP contribution in [0.3, 0.4) is 0 Å². The lowest BCUT2D eigenvalue weighted by Crippen LogP contribution is -2.08. The summed E-state index contributed by atoms with van der Waals surface area (Å²) in [4.78, 5) is 8.82. The normalized spacial score (nSPS) is 18.1. The van der Waals surface area contributed by atoms with Crippen molar-refractivity contribution >= 4 is 12.1 Å². The van der Waals surface area contributed by atoms with Crippen LogP contribution in [-0.4, -0.2) is 12.1 Å². The highest BCUT2D eigenvalue weighted by Gasteiger charge is 2.21. The van der Waals surface area contributed by atoms with Gasteiger partial charge in [0.25, 0.3) is 0 Å². The third-order valence-corrected chi connectivity index (χ3v) is 2.86. The molecular formula is C15H12N2. The molecule has 0 saturated heterocycles. The Hall–Kier alpha value is -2.22. The molecule has 0 N–H and O–H groups in total. The van der Waals surface area contributed by atoms with Crippen molar-refractivity contribution in [2.45, 2.75) is 6.04 Å². The zero-order valence-corrected chi connectivity index (χ0v) is 9.32. The van der Waals surface area contributed by atoms with Gasteiger partial charge in [0, 0.05) is 0 Å². The van der Waals surface area contributed by atoms with E-state index in [0.29, 0.717) is 0 Å². The number of rotatable bonds is 2. The molecule has 0 amide bonds. The van der Waals surface area contributed by atoms with Gasteiger partial charge in [-0.25, -0.2) is 4.99 Å². The van der Waals surface area contributed by atoms with E-state index in [4.69, 9.17) is 0 Å². The lowest BCUT2D eigenvalue weighted by atomic mass is 9.98. The van der Waals surface area contributed by atoms with E-state index in [1.54, 1.807) is 6.34 Å². The molecule has 1 aliphatic heterocycles. The Morgan fingerprint density at radius 2 is 1.41 bits per heavy atom. The van der Waals surface area contributed by atoms with Crippen LogP contribution >= 0.6 is 0 Å². The SMILES string of the molecule is C1=N[C@@H](c2ccccc2)C(c2ccccc2)=N1. The van der Waals surface area contributed by atoms with Crippen molar-refractivity contribution < 1.29 is 0 Å². The first-order valence-corrected chi connectivity index (χ1v) is 5.65. The summed E-state index contributed by atoms with van der Waals surface area (Å²) in [5.41, 5.74) is 3.35. The van der Waals surface area contributed by atoms with Crippen LogP contribution in [0.15, 0.2) is 70.6 Å². The van der Waals surface area contributed by atoms with Crippen molar-refractivity contribution in [3.8, 4) is 0 Å². The van der Waals surface area contributed by atoms with Crippen molar-refractivity contribution in [3.05, 3.63) is 71.8 Å². The standard InChI is InChI=1S/C15H12N2/c1-3-7-12(8-4-1)14-15(17-11-16-14)13-9-5-2-6-10-13/h1-11,14H/t14-/m0/s1. The van der Waals surface area contributed by atoms with Gasteiger partial charge in [0.05, 0.1) is 5.71 Å². The van der Waals surface area contributed by atoms with Gasteiger partial charge in [0.15, 0.2) is 0 Å². The van der Waals surface area contributed by atoms with E-state index in [1.165, 1.54) is 5.56 Å². The Morgan fingerprint density at radius 3 is 2.12 bits per heavy atom. The fourth-order valence-electron chi connectivity index (χ4n) is 2.02. The van der Waals surface area contributed by atoms with Crippen molar-refractivity contribution in [3.63, 3.8) is 0 Å². The van der Waals surface area contributed by atoms with Crippen LogP contribution in [-0.2, 0) is 0 Å². The second kappa shape index (κ2) is 4.34. The number of nitrogens with zero attached hydrogens (tertiary/aromatic N) is 2. The van der Waals surface area contributed by atoms with Gasteiger partial charge < -0.3 is 0 Å². The van der Waals surface area contributed by atoms with E-state index in [0.717, 1.165) is 11.3 Å². The molecule has 1 atom stereocenters. The summed E-state index contributed by atoms with van der Waals surface area (Å²) < 4.78 is 0. The number of aliphatic imine (C=N–C) groups is 2. The molecule has 2 aromatic carbocycles. The van der Waals surface area contributed by atoms with Crippen LogP contribution in [0.4, 0.5) is 0 Å². The molecule has 2 aromatic rings. The summed E-state index contributed by atoms with van der Waals surface area (Å²) in [6.07, 6.45) is 1.65. The van der Waals surface area contributed by atoms with Crippen LogP contribution < -0.4 is 0 Å². The second-order valence-corrected chi connectivity index (χ2v) is 3.96. The van der Waals surface area contributed by atoms with E-state index < -0.39 is 0 Å². The molecule has 17 heavy (non-hydrogen) atoms. The number of benzene rings is 2. The maximum atomic E-state index is 4.44. The number of hydrogen-bond donors (Lipinski definition) is 0.